The molecule has 0 saturated heterocycles. The van der Waals surface area contributed by atoms with Gasteiger partial charge in [0, 0.05) is 1.43 Å². The molecule has 0 aromatic heterocycles. The van der Waals surface area contributed by atoms with Gasteiger partial charge in [-0.3, -0.25) is 4.79 Å². The molecule has 3 heteroatoms. The second kappa shape index (κ2) is 10.6. The number of Topliss-reactive ketones (excluding diaryl/α,β-unsaturated/α-hetero) is 1. The lowest BCUT2D eigenvalue weighted by molar-refractivity contribution is -0.118. The maximum Gasteiger partial charge on any atom is 0.147 e. The summed E-state index contributed by atoms with van der Waals surface area (Å²) in [6.45, 7) is 6.17. The van der Waals surface area contributed by atoms with E-state index < -0.39 is 0 Å². The second-order valence-corrected chi connectivity index (χ2v) is 5.07. The molecule has 2 aromatic carbocycles. The van der Waals surface area contributed by atoms with Crippen LogP contribution in [0.2, 0.25) is 0 Å². The Bertz CT molecular complexity index is 570. The molecular formula is C20H29NO2. The van der Waals surface area contributed by atoms with E-state index in [2.05, 4.69) is 5.32 Å². The number of carbonyl (C=O) groups is 1. The van der Waals surface area contributed by atoms with Crippen LogP contribution in [0.3, 0.4) is 0 Å². The largest absolute Gasteiger partial charge is 0.489 e. The molecular weight excluding hydrogens is 286 g/mol. The van der Waals surface area contributed by atoms with Gasteiger partial charge in [-0.05, 0) is 43.7 Å². The van der Waals surface area contributed by atoms with Crippen LogP contribution in [0, 0.1) is 0 Å². The van der Waals surface area contributed by atoms with Gasteiger partial charge in [-0.1, -0.05) is 56.3 Å². The molecule has 0 saturated carbocycles. The summed E-state index contributed by atoms with van der Waals surface area (Å²) in [6, 6.07) is 17.9. The molecule has 2 aromatic rings. The quantitative estimate of drug-likeness (QED) is 0.830. The van der Waals surface area contributed by atoms with Crippen LogP contribution in [0.1, 0.15) is 33.3 Å². The van der Waals surface area contributed by atoms with Gasteiger partial charge in [0.2, 0.25) is 0 Å². The number of ketones is 1. The molecule has 0 heterocycles. The fourth-order valence-corrected chi connectivity index (χ4v) is 2.15. The number of rotatable bonds is 7. The normalized spacial score (nSPS) is 11.1. The van der Waals surface area contributed by atoms with E-state index in [1.807, 2.05) is 75.5 Å². The van der Waals surface area contributed by atoms with Crippen molar-refractivity contribution in [3.05, 3.63) is 65.7 Å². The van der Waals surface area contributed by atoms with Crippen molar-refractivity contribution in [2.75, 3.05) is 7.05 Å². The van der Waals surface area contributed by atoms with Crippen LogP contribution in [0.4, 0.5) is 0 Å². The number of ether oxygens (including phenoxy) is 1. The SMILES string of the molecule is CC.CN[C@@H](Cc1ccc(OCc2ccccc2)cc1)C(C)=O.[HH]. The number of hydrogen-bond donors (Lipinski definition) is 1. The van der Waals surface area contributed by atoms with E-state index in [9.17, 15) is 4.79 Å². The molecule has 0 bridgehead atoms. The van der Waals surface area contributed by atoms with Crippen molar-refractivity contribution in [2.24, 2.45) is 0 Å². The summed E-state index contributed by atoms with van der Waals surface area (Å²) >= 11 is 0. The summed E-state index contributed by atoms with van der Waals surface area (Å²) in [5.74, 6) is 0.994. The Morgan fingerprint density at radius 3 is 2.17 bits per heavy atom. The number of nitrogens with one attached hydrogen (secondary N) is 1. The summed E-state index contributed by atoms with van der Waals surface area (Å²) in [4.78, 5) is 11.4. The zero-order valence-electron chi connectivity index (χ0n) is 14.5. The fourth-order valence-electron chi connectivity index (χ4n) is 2.15. The lowest BCUT2D eigenvalue weighted by atomic mass is 10.0. The Morgan fingerprint density at radius 2 is 1.65 bits per heavy atom. The van der Waals surface area contributed by atoms with Crippen molar-refractivity contribution < 1.29 is 11.0 Å². The van der Waals surface area contributed by atoms with Gasteiger partial charge >= 0.3 is 0 Å². The molecule has 0 aliphatic heterocycles. The first-order chi connectivity index (χ1) is 11.2. The first kappa shape index (κ1) is 18.9. The zero-order chi connectivity index (χ0) is 17.1. The van der Waals surface area contributed by atoms with Gasteiger partial charge in [0.25, 0.3) is 0 Å². The van der Waals surface area contributed by atoms with Crippen molar-refractivity contribution in [1.29, 1.82) is 0 Å². The Labute approximate surface area is 141 Å². The molecule has 0 amide bonds. The third-order valence-electron chi connectivity index (χ3n) is 3.45. The maximum atomic E-state index is 11.4. The molecule has 0 radical (unpaired) electrons. The molecule has 1 atom stereocenters. The van der Waals surface area contributed by atoms with Gasteiger partial charge in [-0.25, -0.2) is 0 Å². The molecule has 3 nitrogen and oxygen atoms in total. The molecule has 2 rings (SSSR count). The van der Waals surface area contributed by atoms with Crippen LogP contribution in [0.15, 0.2) is 54.6 Å². The summed E-state index contributed by atoms with van der Waals surface area (Å²) in [6.07, 6.45) is 0.699. The molecule has 1 N–H and O–H groups in total. The van der Waals surface area contributed by atoms with E-state index >= 15 is 0 Å². The number of carbonyl (C=O) groups excluding carboxylic acids is 1. The number of hydrogen-bond acceptors (Lipinski definition) is 3. The van der Waals surface area contributed by atoms with Crippen molar-refractivity contribution >= 4 is 5.78 Å². The van der Waals surface area contributed by atoms with Crippen molar-refractivity contribution in [2.45, 2.75) is 39.8 Å². The first-order valence-corrected chi connectivity index (χ1v) is 8.12. The highest BCUT2D eigenvalue weighted by Crippen LogP contribution is 2.15. The summed E-state index contributed by atoms with van der Waals surface area (Å²) in [5.41, 5.74) is 2.27. The molecule has 126 valence electrons. The van der Waals surface area contributed by atoms with Gasteiger partial charge in [0.05, 0.1) is 6.04 Å². The van der Waals surface area contributed by atoms with E-state index in [-0.39, 0.29) is 13.3 Å². The van der Waals surface area contributed by atoms with Crippen molar-refractivity contribution in [1.82, 2.24) is 5.32 Å². The molecule has 0 aliphatic rings. The summed E-state index contributed by atoms with van der Waals surface area (Å²) in [7, 11) is 1.81. The van der Waals surface area contributed by atoms with Crippen LogP contribution >= 0.6 is 0 Å². The predicted octanol–water partition coefficient (Wildman–Crippen LogP) is 4.26. The van der Waals surface area contributed by atoms with Crippen molar-refractivity contribution in [3.8, 4) is 5.75 Å². The Kier molecular flexibility index (Phi) is 8.70. The minimum atomic E-state index is -0.124. The predicted molar refractivity (Wildman–Crippen MR) is 97.9 cm³/mol. The van der Waals surface area contributed by atoms with Gasteiger partial charge in [0.1, 0.15) is 18.1 Å². The minimum Gasteiger partial charge on any atom is -0.489 e. The Balaban J connectivity index is 0.00000170. The van der Waals surface area contributed by atoms with Crippen LogP contribution < -0.4 is 10.1 Å². The number of likely N-dealkylation sites (N-methyl/N-ethyl adjacent to an activating group) is 1. The average molecular weight is 315 g/mol. The van der Waals surface area contributed by atoms with Crippen LogP contribution in [-0.4, -0.2) is 18.9 Å². The monoisotopic (exact) mass is 315 g/mol. The third kappa shape index (κ3) is 6.66. The van der Waals surface area contributed by atoms with Gasteiger partial charge in [0.15, 0.2) is 0 Å². The van der Waals surface area contributed by atoms with Crippen molar-refractivity contribution in [3.63, 3.8) is 0 Å². The van der Waals surface area contributed by atoms with Crippen LogP contribution in [0.5, 0.6) is 5.75 Å². The second-order valence-electron chi connectivity index (χ2n) is 5.07. The Morgan fingerprint density at radius 1 is 1.04 bits per heavy atom. The lowest BCUT2D eigenvalue weighted by Crippen LogP contribution is -2.34. The average Bonchev–Trinajstić information content (AvgIpc) is 2.61. The highest BCUT2D eigenvalue weighted by molar-refractivity contribution is 5.81. The van der Waals surface area contributed by atoms with E-state index in [0.29, 0.717) is 13.0 Å². The summed E-state index contributed by atoms with van der Waals surface area (Å²) < 4.78 is 5.74. The van der Waals surface area contributed by atoms with E-state index in [0.717, 1.165) is 16.9 Å². The van der Waals surface area contributed by atoms with E-state index in [1.165, 1.54) is 0 Å². The number of benzene rings is 2. The smallest absolute Gasteiger partial charge is 0.147 e. The van der Waals surface area contributed by atoms with Gasteiger partial charge in [-0.2, -0.15) is 0 Å². The molecule has 0 spiro atoms. The lowest BCUT2D eigenvalue weighted by Gasteiger charge is -2.13. The standard InChI is InChI=1S/C18H21NO2.C2H6.H2/c1-14(20)18(19-2)12-15-8-10-17(11-9-15)21-13-16-6-4-3-5-7-16;1-2;/h3-11,18-19H,12-13H2,1-2H3;1-2H3;1H/t18-;;/m0../s1. The molecule has 23 heavy (non-hydrogen) atoms. The topological polar surface area (TPSA) is 38.3 Å². The van der Waals surface area contributed by atoms with Gasteiger partial charge in [-0.15, -0.1) is 0 Å². The Hall–Kier alpha value is -2.13. The maximum absolute atomic E-state index is 11.4. The first-order valence-electron chi connectivity index (χ1n) is 8.12. The fraction of sp³-hybridized carbons (Fsp3) is 0.350. The van der Waals surface area contributed by atoms with Crippen LogP contribution in [-0.2, 0) is 17.8 Å². The highest BCUT2D eigenvalue weighted by Gasteiger charge is 2.11. The highest BCUT2D eigenvalue weighted by atomic mass is 16.5. The molecule has 0 fully saturated rings. The van der Waals surface area contributed by atoms with E-state index in [1.54, 1.807) is 6.92 Å². The minimum absolute atomic E-state index is 0. The van der Waals surface area contributed by atoms with E-state index in [4.69, 9.17) is 4.74 Å². The van der Waals surface area contributed by atoms with Crippen LogP contribution in [0.25, 0.3) is 0 Å². The third-order valence-corrected chi connectivity index (χ3v) is 3.45. The van der Waals surface area contributed by atoms with Gasteiger partial charge < -0.3 is 10.1 Å². The zero-order valence-corrected chi connectivity index (χ0v) is 14.5. The molecule has 0 aliphatic carbocycles. The summed E-state index contributed by atoms with van der Waals surface area (Å²) in [5, 5.41) is 3.03. The molecule has 0 unspecified atom stereocenters.